The second-order valence-corrected chi connectivity index (χ2v) is 4.49. The molecule has 1 heterocycles. The van der Waals surface area contributed by atoms with Crippen LogP contribution in [0.4, 0.5) is 0 Å². The minimum Gasteiger partial charge on any atom is -0.399 e. The summed E-state index contributed by atoms with van der Waals surface area (Å²) in [6.07, 6.45) is 1.20. The number of H-pyrrole nitrogens is 1. The number of aromatic nitrogens is 4. The molecule has 0 aliphatic heterocycles. The van der Waals surface area contributed by atoms with Crippen LogP contribution in [0.3, 0.4) is 0 Å². The molecule has 0 aliphatic rings. The van der Waals surface area contributed by atoms with Gasteiger partial charge in [-0.25, -0.2) is 0 Å². The van der Waals surface area contributed by atoms with Crippen molar-refractivity contribution in [2.45, 2.75) is 12.8 Å². The predicted octanol–water partition coefficient (Wildman–Crippen LogP) is 2.49. The largest absolute Gasteiger partial charge is 0.399 e. The van der Waals surface area contributed by atoms with Crippen molar-refractivity contribution in [2.24, 2.45) is 5.16 Å². The summed E-state index contributed by atoms with van der Waals surface area (Å²) < 4.78 is 0. The lowest BCUT2D eigenvalue weighted by molar-refractivity contribution is 0.213. The first-order valence-electron chi connectivity index (χ1n) is 5.48. The lowest BCUT2D eigenvalue weighted by Gasteiger charge is -2.06. The van der Waals surface area contributed by atoms with E-state index in [1.165, 1.54) is 7.11 Å². The lowest BCUT2D eigenvalue weighted by Crippen LogP contribution is -2.05. The Balaban J connectivity index is 2.15. The number of nitrogens with one attached hydrogen (secondary N) is 1. The van der Waals surface area contributed by atoms with E-state index in [2.05, 4.69) is 25.8 Å². The van der Waals surface area contributed by atoms with Gasteiger partial charge in [-0.15, -0.1) is 10.2 Å². The van der Waals surface area contributed by atoms with Crippen molar-refractivity contribution in [3.05, 3.63) is 39.6 Å². The number of benzene rings is 1. The van der Waals surface area contributed by atoms with Crippen molar-refractivity contribution in [2.75, 3.05) is 7.11 Å². The fraction of sp³-hybridized carbons (Fsp3) is 0.273. The van der Waals surface area contributed by atoms with Crippen molar-refractivity contribution in [1.29, 1.82) is 0 Å². The molecule has 1 N–H and O–H groups in total. The quantitative estimate of drug-likeness (QED) is 0.680. The van der Waals surface area contributed by atoms with Gasteiger partial charge in [-0.1, -0.05) is 39.6 Å². The van der Waals surface area contributed by atoms with Gasteiger partial charge in [0.1, 0.15) is 7.11 Å². The molecule has 100 valence electrons. The van der Waals surface area contributed by atoms with Crippen LogP contribution in [0.25, 0.3) is 0 Å². The average Bonchev–Trinajstić information content (AvgIpc) is 2.91. The molecule has 0 saturated carbocycles. The number of oxime groups is 1. The van der Waals surface area contributed by atoms with Crippen LogP contribution in [0.1, 0.15) is 17.8 Å². The number of aryl methyl sites for hydroxylation is 1. The molecule has 8 heteroatoms. The van der Waals surface area contributed by atoms with Gasteiger partial charge in [0.05, 0.1) is 15.8 Å². The maximum atomic E-state index is 5.99. The monoisotopic (exact) mass is 299 g/mol. The molecule has 0 aliphatic carbocycles. The molecule has 0 atom stereocenters. The normalized spacial score (nSPS) is 11.6. The Morgan fingerprint density at radius 3 is 2.84 bits per heavy atom. The van der Waals surface area contributed by atoms with Crippen LogP contribution < -0.4 is 0 Å². The highest BCUT2D eigenvalue weighted by Gasteiger charge is 2.09. The smallest absolute Gasteiger partial charge is 0.174 e. The molecular weight excluding hydrogens is 289 g/mol. The zero-order chi connectivity index (χ0) is 13.7. The molecule has 1 aromatic carbocycles. The van der Waals surface area contributed by atoms with Crippen LogP contribution in [0.2, 0.25) is 10.0 Å². The Hall–Kier alpha value is -1.66. The van der Waals surface area contributed by atoms with E-state index in [0.717, 1.165) is 11.3 Å². The molecule has 0 fully saturated rings. The summed E-state index contributed by atoms with van der Waals surface area (Å²) in [5, 5.41) is 18.6. The third-order valence-corrected chi connectivity index (χ3v) is 3.17. The van der Waals surface area contributed by atoms with Gasteiger partial charge in [0.15, 0.2) is 5.82 Å². The van der Waals surface area contributed by atoms with E-state index in [4.69, 9.17) is 28.0 Å². The van der Waals surface area contributed by atoms with Crippen LogP contribution in [0.15, 0.2) is 23.4 Å². The van der Waals surface area contributed by atoms with E-state index in [0.29, 0.717) is 28.7 Å². The first-order valence-corrected chi connectivity index (χ1v) is 6.24. The van der Waals surface area contributed by atoms with Crippen molar-refractivity contribution in [3.8, 4) is 0 Å². The van der Waals surface area contributed by atoms with Gasteiger partial charge < -0.3 is 4.84 Å². The van der Waals surface area contributed by atoms with E-state index < -0.39 is 0 Å². The van der Waals surface area contributed by atoms with Crippen LogP contribution in [0.5, 0.6) is 0 Å². The Morgan fingerprint density at radius 2 is 2.21 bits per heavy atom. The summed E-state index contributed by atoms with van der Waals surface area (Å²) >= 11 is 11.9. The third kappa shape index (κ3) is 3.65. The molecule has 2 rings (SSSR count). The van der Waals surface area contributed by atoms with E-state index in [-0.39, 0.29) is 0 Å². The second kappa shape index (κ2) is 6.49. The molecule has 0 amide bonds. The van der Waals surface area contributed by atoms with Gasteiger partial charge in [0, 0.05) is 18.4 Å². The van der Waals surface area contributed by atoms with E-state index >= 15 is 0 Å². The summed E-state index contributed by atoms with van der Waals surface area (Å²) in [5.41, 5.74) is 1.59. The Kier molecular flexibility index (Phi) is 4.70. The molecule has 19 heavy (non-hydrogen) atoms. The Labute approximate surface area is 119 Å². The number of nitrogens with zero attached hydrogens (tertiary/aromatic N) is 4. The Bertz CT molecular complexity index is 570. The van der Waals surface area contributed by atoms with E-state index in [1.807, 2.05) is 6.07 Å². The highest BCUT2D eigenvalue weighted by atomic mass is 35.5. The number of hydrogen-bond acceptors (Lipinski definition) is 5. The minimum atomic E-state index is 0.475. The zero-order valence-corrected chi connectivity index (χ0v) is 11.6. The van der Waals surface area contributed by atoms with Gasteiger partial charge in [-0.2, -0.15) is 5.21 Å². The lowest BCUT2D eigenvalue weighted by atomic mass is 10.1. The van der Waals surface area contributed by atoms with Crippen LogP contribution in [0, 0.1) is 0 Å². The molecule has 1 aromatic heterocycles. The second-order valence-electron chi connectivity index (χ2n) is 3.68. The summed E-state index contributed by atoms with van der Waals surface area (Å²) in [4.78, 5) is 4.85. The summed E-state index contributed by atoms with van der Waals surface area (Å²) in [6.45, 7) is 0. The predicted molar refractivity (Wildman–Crippen MR) is 72.5 cm³/mol. The van der Waals surface area contributed by atoms with Gasteiger partial charge in [0.25, 0.3) is 0 Å². The maximum Gasteiger partial charge on any atom is 0.174 e. The first-order chi connectivity index (χ1) is 9.20. The molecule has 2 aromatic rings. The molecular formula is C11H11Cl2N5O. The number of halogens is 2. The number of rotatable bonds is 5. The van der Waals surface area contributed by atoms with Crippen molar-refractivity contribution >= 4 is 28.9 Å². The van der Waals surface area contributed by atoms with Gasteiger partial charge >= 0.3 is 0 Å². The fourth-order valence-corrected chi connectivity index (χ4v) is 1.85. The van der Waals surface area contributed by atoms with Crippen molar-refractivity contribution in [1.82, 2.24) is 20.6 Å². The summed E-state index contributed by atoms with van der Waals surface area (Å²) in [6, 6.07) is 5.30. The standard InChI is InChI=1S/C11H11Cl2N5O/c1-19-16-10(4-5-11-14-17-18-15-11)7-2-3-8(12)9(13)6-7/h2-3,6H,4-5H2,1H3,(H,14,15,17,18)/b16-10+. The SMILES string of the molecule is CO/N=C(\CCc1nn[nH]n1)c1ccc(Cl)c(Cl)c1. The van der Waals surface area contributed by atoms with E-state index in [9.17, 15) is 0 Å². The zero-order valence-electron chi connectivity index (χ0n) is 10.1. The number of tetrazole rings is 1. The van der Waals surface area contributed by atoms with E-state index in [1.54, 1.807) is 12.1 Å². The summed E-state index contributed by atoms with van der Waals surface area (Å²) in [7, 11) is 1.49. The molecule has 6 nitrogen and oxygen atoms in total. The van der Waals surface area contributed by atoms with Gasteiger partial charge in [0.2, 0.25) is 0 Å². The highest BCUT2D eigenvalue weighted by Crippen LogP contribution is 2.23. The molecule has 0 spiro atoms. The number of aromatic amines is 1. The van der Waals surface area contributed by atoms with Gasteiger partial charge in [-0.05, 0) is 12.1 Å². The molecule has 0 radical (unpaired) electrons. The van der Waals surface area contributed by atoms with Crippen molar-refractivity contribution in [3.63, 3.8) is 0 Å². The average molecular weight is 300 g/mol. The topological polar surface area (TPSA) is 76.1 Å². The first kappa shape index (κ1) is 13.8. The van der Waals surface area contributed by atoms with Crippen LogP contribution in [-0.2, 0) is 11.3 Å². The summed E-state index contributed by atoms with van der Waals surface area (Å²) in [5.74, 6) is 0.615. The van der Waals surface area contributed by atoms with Gasteiger partial charge in [-0.3, -0.25) is 0 Å². The molecule has 0 saturated heterocycles. The number of hydrogen-bond donors (Lipinski definition) is 1. The fourth-order valence-electron chi connectivity index (χ4n) is 1.55. The third-order valence-electron chi connectivity index (χ3n) is 2.43. The molecule has 0 bridgehead atoms. The van der Waals surface area contributed by atoms with Crippen LogP contribution >= 0.6 is 23.2 Å². The van der Waals surface area contributed by atoms with Crippen LogP contribution in [-0.4, -0.2) is 33.4 Å². The Morgan fingerprint density at radius 1 is 1.37 bits per heavy atom. The highest BCUT2D eigenvalue weighted by molar-refractivity contribution is 6.42. The van der Waals surface area contributed by atoms with Crippen molar-refractivity contribution < 1.29 is 4.84 Å². The maximum absolute atomic E-state index is 5.99. The minimum absolute atomic E-state index is 0.475. The molecule has 0 unspecified atom stereocenters.